The molecule has 3 aromatic rings. The van der Waals surface area contributed by atoms with Crippen LogP contribution in [0.2, 0.25) is 0 Å². The van der Waals surface area contributed by atoms with Crippen molar-refractivity contribution < 1.29 is 9.47 Å². The summed E-state index contributed by atoms with van der Waals surface area (Å²) >= 11 is 5.35. The highest BCUT2D eigenvalue weighted by atomic mass is 32.1. The number of aromatic nitrogens is 2. The van der Waals surface area contributed by atoms with Crippen LogP contribution < -0.4 is 20.1 Å². The van der Waals surface area contributed by atoms with Crippen LogP contribution in [0.1, 0.15) is 5.56 Å². The first-order chi connectivity index (χ1) is 12.3. The van der Waals surface area contributed by atoms with Crippen molar-refractivity contribution in [2.24, 2.45) is 0 Å². The smallest absolute Gasteiger partial charge is 0.231 e. The van der Waals surface area contributed by atoms with E-state index in [0.717, 1.165) is 17.1 Å². The van der Waals surface area contributed by atoms with Crippen LogP contribution >= 0.6 is 12.2 Å². The zero-order valence-electron chi connectivity index (χ0n) is 13.3. The molecule has 7 heteroatoms. The van der Waals surface area contributed by atoms with E-state index in [2.05, 4.69) is 27.9 Å². The van der Waals surface area contributed by atoms with Crippen molar-refractivity contribution in [3.05, 3.63) is 66.5 Å². The third kappa shape index (κ3) is 3.72. The second kappa shape index (κ2) is 6.82. The van der Waals surface area contributed by atoms with Gasteiger partial charge in [0.05, 0.1) is 18.4 Å². The van der Waals surface area contributed by atoms with Crippen molar-refractivity contribution in [1.82, 2.24) is 9.78 Å². The molecule has 1 aliphatic rings. The molecule has 4 rings (SSSR count). The third-order valence-electron chi connectivity index (χ3n) is 3.71. The fourth-order valence-electron chi connectivity index (χ4n) is 2.55. The molecular formula is C18H16N4O2S. The maximum absolute atomic E-state index is 5.36. The molecule has 2 heterocycles. The predicted octanol–water partition coefficient (Wildman–Crippen LogP) is 3.47. The summed E-state index contributed by atoms with van der Waals surface area (Å²) < 4.78 is 12.5. The molecule has 0 saturated heterocycles. The van der Waals surface area contributed by atoms with E-state index in [0.29, 0.717) is 17.4 Å². The monoisotopic (exact) mass is 352 g/mol. The van der Waals surface area contributed by atoms with Crippen LogP contribution in [0.4, 0.5) is 11.4 Å². The Morgan fingerprint density at radius 1 is 1.04 bits per heavy atom. The minimum absolute atomic E-state index is 0.252. The summed E-state index contributed by atoms with van der Waals surface area (Å²) in [6.07, 6.45) is 3.66. The fraction of sp³-hybridized carbons (Fsp3) is 0.111. The summed E-state index contributed by atoms with van der Waals surface area (Å²) in [5, 5.41) is 11.1. The largest absolute Gasteiger partial charge is 0.454 e. The van der Waals surface area contributed by atoms with Gasteiger partial charge >= 0.3 is 0 Å². The van der Waals surface area contributed by atoms with Gasteiger partial charge in [0.15, 0.2) is 16.6 Å². The highest BCUT2D eigenvalue weighted by molar-refractivity contribution is 7.80. The van der Waals surface area contributed by atoms with Crippen LogP contribution in [0, 0.1) is 0 Å². The molecule has 0 atom stereocenters. The van der Waals surface area contributed by atoms with E-state index in [1.165, 1.54) is 5.56 Å². The average molecular weight is 352 g/mol. The van der Waals surface area contributed by atoms with Gasteiger partial charge in [-0.25, -0.2) is 0 Å². The highest BCUT2D eigenvalue weighted by Crippen LogP contribution is 2.34. The lowest BCUT2D eigenvalue weighted by molar-refractivity contribution is 0.174. The Morgan fingerprint density at radius 2 is 1.84 bits per heavy atom. The lowest BCUT2D eigenvalue weighted by atomic mass is 10.2. The molecule has 0 spiro atoms. The van der Waals surface area contributed by atoms with Crippen molar-refractivity contribution in [2.75, 3.05) is 17.4 Å². The molecule has 6 nitrogen and oxygen atoms in total. The van der Waals surface area contributed by atoms with Crippen LogP contribution in [0.3, 0.4) is 0 Å². The van der Waals surface area contributed by atoms with Crippen LogP contribution in [0.15, 0.2) is 60.9 Å². The normalized spacial score (nSPS) is 12.0. The van der Waals surface area contributed by atoms with Gasteiger partial charge in [-0.3, -0.25) is 4.68 Å². The summed E-state index contributed by atoms with van der Waals surface area (Å²) in [5.41, 5.74) is 2.85. The molecule has 2 aromatic carbocycles. The minimum Gasteiger partial charge on any atom is -0.454 e. The number of ether oxygens (including phenoxy) is 2. The summed E-state index contributed by atoms with van der Waals surface area (Å²) in [4.78, 5) is 0. The maximum Gasteiger partial charge on any atom is 0.231 e. The minimum atomic E-state index is 0.252. The topological polar surface area (TPSA) is 60.3 Å². The number of rotatable bonds is 4. The van der Waals surface area contributed by atoms with Crippen molar-refractivity contribution in [3.8, 4) is 11.5 Å². The van der Waals surface area contributed by atoms with Gasteiger partial charge in [0.1, 0.15) is 0 Å². The zero-order valence-corrected chi connectivity index (χ0v) is 14.1. The molecule has 1 aromatic heterocycles. The summed E-state index contributed by atoms with van der Waals surface area (Å²) in [6.45, 7) is 0.965. The molecule has 0 bridgehead atoms. The fourth-order valence-corrected chi connectivity index (χ4v) is 2.79. The molecule has 0 amide bonds. The van der Waals surface area contributed by atoms with Gasteiger partial charge in [-0.15, -0.1) is 0 Å². The second-order valence-electron chi connectivity index (χ2n) is 5.56. The van der Waals surface area contributed by atoms with E-state index in [4.69, 9.17) is 21.7 Å². The molecule has 0 radical (unpaired) electrons. The molecule has 1 aliphatic heterocycles. The van der Waals surface area contributed by atoms with Gasteiger partial charge in [-0.2, -0.15) is 5.10 Å². The van der Waals surface area contributed by atoms with Crippen LogP contribution in [0.25, 0.3) is 0 Å². The van der Waals surface area contributed by atoms with E-state index >= 15 is 0 Å². The van der Waals surface area contributed by atoms with E-state index in [1.54, 1.807) is 6.20 Å². The van der Waals surface area contributed by atoms with Crippen LogP contribution in [0.5, 0.6) is 11.5 Å². The van der Waals surface area contributed by atoms with E-state index < -0.39 is 0 Å². The number of nitrogens with zero attached hydrogens (tertiary/aromatic N) is 2. The Morgan fingerprint density at radius 3 is 2.72 bits per heavy atom. The van der Waals surface area contributed by atoms with Crippen molar-refractivity contribution in [1.29, 1.82) is 0 Å². The zero-order chi connectivity index (χ0) is 17.1. The van der Waals surface area contributed by atoms with Gasteiger partial charge in [0, 0.05) is 18.0 Å². The molecule has 126 valence electrons. The number of anilines is 2. The quantitative estimate of drug-likeness (QED) is 0.701. The lowest BCUT2D eigenvalue weighted by Crippen LogP contribution is -2.18. The number of benzene rings is 2. The van der Waals surface area contributed by atoms with E-state index in [1.807, 2.05) is 47.3 Å². The van der Waals surface area contributed by atoms with Crippen molar-refractivity contribution in [2.45, 2.75) is 6.54 Å². The van der Waals surface area contributed by atoms with Crippen molar-refractivity contribution >= 4 is 28.7 Å². The maximum atomic E-state index is 5.36. The van der Waals surface area contributed by atoms with E-state index in [-0.39, 0.29) is 6.79 Å². The average Bonchev–Trinajstić information content (AvgIpc) is 3.24. The highest BCUT2D eigenvalue weighted by Gasteiger charge is 2.13. The Kier molecular flexibility index (Phi) is 4.22. The molecular weight excluding hydrogens is 336 g/mol. The number of nitrogens with one attached hydrogen (secondary N) is 2. The molecule has 0 fully saturated rings. The molecule has 25 heavy (non-hydrogen) atoms. The number of fused-ring (bicyclic) bond motifs is 1. The van der Waals surface area contributed by atoms with Gasteiger partial charge in [0.25, 0.3) is 0 Å². The van der Waals surface area contributed by atoms with E-state index in [9.17, 15) is 0 Å². The van der Waals surface area contributed by atoms with Gasteiger partial charge in [0.2, 0.25) is 6.79 Å². The third-order valence-corrected chi connectivity index (χ3v) is 3.91. The number of hydrogen-bond acceptors (Lipinski definition) is 4. The first-order valence-corrected chi connectivity index (χ1v) is 8.21. The summed E-state index contributed by atoms with van der Waals surface area (Å²) in [5.74, 6) is 1.45. The van der Waals surface area contributed by atoms with Crippen LogP contribution in [-0.4, -0.2) is 21.7 Å². The Bertz CT molecular complexity index is 895. The Labute approximate surface area is 150 Å². The van der Waals surface area contributed by atoms with Gasteiger partial charge < -0.3 is 20.1 Å². The Balaban J connectivity index is 1.36. The molecule has 0 saturated carbocycles. The SMILES string of the molecule is S=C(Nc1ccc2c(c1)OCO2)Nc1cnn(Cc2ccccc2)c1. The number of hydrogen-bond donors (Lipinski definition) is 2. The molecule has 0 aliphatic carbocycles. The lowest BCUT2D eigenvalue weighted by Gasteiger charge is -2.09. The van der Waals surface area contributed by atoms with Gasteiger partial charge in [-0.1, -0.05) is 30.3 Å². The Hall–Kier alpha value is -3.06. The van der Waals surface area contributed by atoms with Gasteiger partial charge in [-0.05, 0) is 29.9 Å². The second-order valence-corrected chi connectivity index (χ2v) is 5.97. The molecule has 2 N–H and O–H groups in total. The van der Waals surface area contributed by atoms with Crippen LogP contribution in [-0.2, 0) is 6.54 Å². The molecule has 0 unspecified atom stereocenters. The summed E-state index contributed by atoms with van der Waals surface area (Å²) in [6, 6.07) is 15.8. The standard InChI is InChI=1S/C18H16N4O2S/c25-18(20-14-6-7-16-17(8-14)24-12-23-16)21-15-9-19-22(11-15)10-13-4-2-1-3-5-13/h1-9,11H,10,12H2,(H2,20,21,25). The number of thiocarbonyl (C=S) groups is 1. The van der Waals surface area contributed by atoms with Crippen molar-refractivity contribution in [3.63, 3.8) is 0 Å². The first kappa shape index (κ1) is 15.5. The predicted molar refractivity (Wildman–Crippen MR) is 100 cm³/mol. The first-order valence-electron chi connectivity index (χ1n) is 7.80. The summed E-state index contributed by atoms with van der Waals surface area (Å²) in [7, 11) is 0.